The van der Waals surface area contributed by atoms with E-state index in [1.54, 1.807) is 6.92 Å². The molecule has 2 N–H and O–H groups in total. The van der Waals surface area contributed by atoms with E-state index in [0.717, 1.165) is 0 Å². The molecule has 13 heavy (non-hydrogen) atoms. The van der Waals surface area contributed by atoms with Gasteiger partial charge >= 0.3 is 0 Å². The molecule has 0 heterocycles. The predicted molar refractivity (Wildman–Crippen MR) is 57.6 cm³/mol. The lowest BCUT2D eigenvalue weighted by atomic mass is 10.2. The van der Waals surface area contributed by atoms with Crippen LogP contribution in [0.1, 0.15) is 12.5 Å². The van der Waals surface area contributed by atoms with Gasteiger partial charge in [0.05, 0.1) is 12.4 Å². The van der Waals surface area contributed by atoms with Gasteiger partial charge in [-0.3, -0.25) is 4.99 Å². The highest BCUT2D eigenvalue weighted by molar-refractivity contribution is 5.77. The van der Waals surface area contributed by atoms with Gasteiger partial charge in [-0.25, -0.2) is 0 Å². The number of nitrogens with zero attached hydrogens (tertiary/aromatic N) is 1. The molecule has 2 heteroatoms. The Labute approximate surface area is 78.8 Å². The molecule has 0 aliphatic rings. The molecule has 0 atom stereocenters. The first-order chi connectivity index (χ1) is 6.29. The van der Waals surface area contributed by atoms with Crippen molar-refractivity contribution in [2.24, 2.45) is 10.7 Å². The maximum absolute atomic E-state index is 5.39. The van der Waals surface area contributed by atoms with E-state index in [9.17, 15) is 0 Å². The summed E-state index contributed by atoms with van der Waals surface area (Å²) < 4.78 is 0. The Kier molecular flexibility index (Phi) is 3.76. The summed E-state index contributed by atoms with van der Waals surface area (Å²) in [6.45, 7) is 2.44. The number of hydrogen-bond acceptors (Lipinski definition) is 1. The van der Waals surface area contributed by atoms with E-state index in [0.29, 0.717) is 12.4 Å². The first kappa shape index (κ1) is 9.52. The van der Waals surface area contributed by atoms with Gasteiger partial charge in [-0.15, -0.1) is 0 Å². The fraction of sp³-hybridized carbons (Fsp3) is 0.182. The molecule has 68 valence electrons. The molecule has 0 unspecified atom stereocenters. The molecule has 1 aromatic rings. The minimum Gasteiger partial charge on any atom is -0.388 e. The topological polar surface area (TPSA) is 38.4 Å². The molecule has 0 aliphatic carbocycles. The van der Waals surface area contributed by atoms with Crippen molar-refractivity contribution in [3.05, 3.63) is 42.0 Å². The van der Waals surface area contributed by atoms with Gasteiger partial charge < -0.3 is 5.73 Å². The third-order valence-electron chi connectivity index (χ3n) is 1.56. The lowest BCUT2D eigenvalue weighted by Crippen LogP contribution is -2.05. The lowest BCUT2D eigenvalue weighted by Gasteiger charge is -1.90. The Hall–Kier alpha value is -1.57. The Morgan fingerprint density at radius 2 is 2.08 bits per heavy atom. The molecule has 0 saturated carbocycles. The number of benzene rings is 1. The summed E-state index contributed by atoms with van der Waals surface area (Å²) in [7, 11) is 0. The molecule has 0 amide bonds. The smallest absolute Gasteiger partial charge is 0.0909 e. The van der Waals surface area contributed by atoms with Crippen LogP contribution < -0.4 is 5.73 Å². The number of aliphatic imine (C=N–C) groups is 1. The first-order valence-electron chi connectivity index (χ1n) is 4.27. The van der Waals surface area contributed by atoms with E-state index in [4.69, 9.17) is 5.73 Å². The van der Waals surface area contributed by atoms with Gasteiger partial charge in [0, 0.05) is 0 Å². The van der Waals surface area contributed by atoms with Crippen LogP contribution in [0.15, 0.2) is 41.4 Å². The second-order valence-electron chi connectivity index (χ2n) is 2.80. The minimum atomic E-state index is 0.623. The van der Waals surface area contributed by atoms with E-state index in [2.05, 4.69) is 17.1 Å². The van der Waals surface area contributed by atoms with E-state index in [-0.39, 0.29) is 0 Å². The molecule has 0 aromatic heterocycles. The molecule has 0 spiro atoms. The van der Waals surface area contributed by atoms with Crippen molar-refractivity contribution in [2.45, 2.75) is 6.92 Å². The highest BCUT2D eigenvalue weighted by Gasteiger charge is 1.81. The summed E-state index contributed by atoms with van der Waals surface area (Å²) in [5.41, 5.74) is 6.58. The number of hydrogen-bond donors (Lipinski definition) is 1. The summed E-state index contributed by atoms with van der Waals surface area (Å²) in [5, 5.41) is 0. The maximum Gasteiger partial charge on any atom is 0.0909 e. The highest BCUT2D eigenvalue weighted by Crippen LogP contribution is 2.00. The van der Waals surface area contributed by atoms with Crippen molar-refractivity contribution in [2.75, 3.05) is 6.54 Å². The zero-order chi connectivity index (χ0) is 9.52. The van der Waals surface area contributed by atoms with E-state index < -0.39 is 0 Å². The molecule has 2 nitrogen and oxygen atoms in total. The lowest BCUT2D eigenvalue weighted by molar-refractivity contribution is 1.23. The Morgan fingerprint density at radius 3 is 2.69 bits per heavy atom. The summed E-state index contributed by atoms with van der Waals surface area (Å²) >= 11 is 0. The predicted octanol–water partition coefficient (Wildman–Crippen LogP) is 2.08. The highest BCUT2D eigenvalue weighted by atomic mass is 14.8. The van der Waals surface area contributed by atoms with Gasteiger partial charge in [-0.2, -0.15) is 0 Å². The summed E-state index contributed by atoms with van der Waals surface area (Å²) in [6, 6.07) is 10.1. The molecule has 0 radical (unpaired) electrons. The van der Waals surface area contributed by atoms with Crippen LogP contribution in [0.2, 0.25) is 0 Å². The van der Waals surface area contributed by atoms with Crippen LogP contribution in [0.25, 0.3) is 6.08 Å². The van der Waals surface area contributed by atoms with E-state index in [1.807, 2.05) is 30.4 Å². The van der Waals surface area contributed by atoms with Crippen molar-refractivity contribution in [1.82, 2.24) is 0 Å². The average Bonchev–Trinajstić information content (AvgIpc) is 2.14. The molecule has 1 rings (SSSR count). The van der Waals surface area contributed by atoms with Crippen LogP contribution in [0.4, 0.5) is 0 Å². The maximum atomic E-state index is 5.39. The van der Waals surface area contributed by atoms with Crippen molar-refractivity contribution in [1.29, 1.82) is 0 Å². The van der Waals surface area contributed by atoms with Crippen LogP contribution in [0.3, 0.4) is 0 Å². The summed E-state index contributed by atoms with van der Waals surface area (Å²) in [6.07, 6.45) is 4.03. The zero-order valence-corrected chi connectivity index (χ0v) is 7.77. The quantitative estimate of drug-likeness (QED) is 0.553. The number of amidine groups is 1. The van der Waals surface area contributed by atoms with Crippen LogP contribution in [-0.2, 0) is 0 Å². The molecule has 0 fully saturated rings. The second kappa shape index (κ2) is 5.14. The molecule has 0 aliphatic heterocycles. The first-order valence-corrected chi connectivity index (χ1v) is 4.27. The summed E-state index contributed by atoms with van der Waals surface area (Å²) in [4.78, 5) is 4.05. The zero-order valence-electron chi connectivity index (χ0n) is 7.77. The third-order valence-corrected chi connectivity index (χ3v) is 1.56. The van der Waals surface area contributed by atoms with E-state index in [1.165, 1.54) is 5.56 Å². The average molecular weight is 174 g/mol. The molecular weight excluding hydrogens is 160 g/mol. The van der Waals surface area contributed by atoms with Gasteiger partial charge in [0.1, 0.15) is 0 Å². The SMILES string of the molecule is CC(N)=NC/C=C/c1ccccc1. The molecule has 0 bridgehead atoms. The van der Waals surface area contributed by atoms with Gasteiger partial charge in [0.15, 0.2) is 0 Å². The van der Waals surface area contributed by atoms with Crippen molar-refractivity contribution in [3.8, 4) is 0 Å². The molecular formula is C11H14N2. The fourth-order valence-corrected chi connectivity index (χ4v) is 0.950. The van der Waals surface area contributed by atoms with Crippen molar-refractivity contribution < 1.29 is 0 Å². The summed E-state index contributed by atoms with van der Waals surface area (Å²) in [5.74, 6) is 0.623. The van der Waals surface area contributed by atoms with Crippen LogP contribution in [0.5, 0.6) is 0 Å². The fourth-order valence-electron chi connectivity index (χ4n) is 0.950. The number of rotatable bonds is 3. The monoisotopic (exact) mass is 174 g/mol. The number of nitrogens with two attached hydrogens (primary N) is 1. The molecule has 0 saturated heterocycles. The van der Waals surface area contributed by atoms with Gasteiger partial charge in [0.2, 0.25) is 0 Å². The van der Waals surface area contributed by atoms with Crippen LogP contribution in [0, 0.1) is 0 Å². The third kappa shape index (κ3) is 4.11. The Bertz CT molecular complexity index is 295. The van der Waals surface area contributed by atoms with Crippen molar-refractivity contribution in [3.63, 3.8) is 0 Å². The Morgan fingerprint density at radius 1 is 1.38 bits per heavy atom. The van der Waals surface area contributed by atoms with Gasteiger partial charge in [-0.05, 0) is 12.5 Å². The van der Waals surface area contributed by atoms with E-state index >= 15 is 0 Å². The van der Waals surface area contributed by atoms with Gasteiger partial charge in [-0.1, -0.05) is 42.5 Å². The second-order valence-corrected chi connectivity index (χ2v) is 2.80. The standard InChI is InChI=1S/C11H14N2/c1-10(12)13-9-5-8-11-6-3-2-4-7-11/h2-8H,9H2,1H3,(H2,12,13)/b8-5+. The molecule has 1 aromatic carbocycles. The van der Waals surface area contributed by atoms with Crippen LogP contribution in [-0.4, -0.2) is 12.4 Å². The van der Waals surface area contributed by atoms with Crippen LogP contribution >= 0.6 is 0 Å². The van der Waals surface area contributed by atoms with Crippen molar-refractivity contribution >= 4 is 11.9 Å². The minimum absolute atomic E-state index is 0.623. The normalized spacial score (nSPS) is 12.2. The Balaban J connectivity index is 2.46. The largest absolute Gasteiger partial charge is 0.388 e. The van der Waals surface area contributed by atoms with Gasteiger partial charge in [0.25, 0.3) is 0 Å².